The van der Waals surface area contributed by atoms with Crippen molar-refractivity contribution in [2.24, 2.45) is 10.7 Å². The maximum atomic E-state index is 6.14. The molecule has 21 heavy (non-hydrogen) atoms. The second kappa shape index (κ2) is 5.99. The van der Waals surface area contributed by atoms with Gasteiger partial charge in [0.1, 0.15) is 0 Å². The first kappa shape index (κ1) is 14.9. The Morgan fingerprint density at radius 1 is 1.14 bits per heavy atom. The van der Waals surface area contributed by atoms with E-state index in [1.54, 1.807) is 0 Å². The third kappa shape index (κ3) is 2.82. The average molecular weight is 430 g/mol. The molecular weight excluding hydrogens is 417 g/mol. The number of hydrogen-bond donors (Lipinski definition) is 1. The summed E-state index contributed by atoms with van der Waals surface area (Å²) in [4.78, 5) is 6.43. The van der Waals surface area contributed by atoms with E-state index in [0.29, 0.717) is 17.5 Å². The van der Waals surface area contributed by atoms with Crippen LogP contribution in [0.1, 0.15) is 11.6 Å². The van der Waals surface area contributed by atoms with Crippen molar-refractivity contribution in [3.8, 4) is 0 Å². The molecule has 0 amide bonds. The Morgan fingerprint density at radius 3 is 2.67 bits per heavy atom. The topological polar surface area (TPSA) is 41.6 Å². The van der Waals surface area contributed by atoms with Gasteiger partial charge in [0.05, 0.1) is 18.3 Å². The van der Waals surface area contributed by atoms with Gasteiger partial charge in [-0.15, -0.1) is 0 Å². The molecule has 2 N–H and O–H groups in total. The molecule has 3 nitrogen and oxygen atoms in total. The fourth-order valence-corrected chi connectivity index (χ4v) is 3.61. The Kier molecular flexibility index (Phi) is 4.24. The molecule has 0 spiro atoms. The summed E-state index contributed by atoms with van der Waals surface area (Å²) in [6.07, 6.45) is 0. The highest BCUT2D eigenvalue weighted by molar-refractivity contribution is 9.11. The molecule has 3 rings (SSSR count). The number of benzene rings is 2. The molecule has 1 aliphatic heterocycles. The number of nitrogens with two attached hydrogens (primary N) is 1. The summed E-state index contributed by atoms with van der Waals surface area (Å²) in [6, 6.07) is 13.7. The van der Waals surface area contributed by atoms with E-state index >= 15 is 0 Å². The Bertz CT molecular complexity index is 718. The summed E-state index contributed by atoms with van der Waals surface area (Å²) in [5.74, 6) is 0.513. The molecule has 0 saturated carbocycles. The van der Waals surface area contributed by atoms with Crippen molar-refractivity contribution >= 4 is 55.1 Å². The van der Waals surface area contributed by atoms with Gasteiger partial charge in [-0.1, -0.05) is 39.7 Å². The van der Waals surface area contributed by atoms with Crippen molar-refractivity contribution in [1.29, 1.82) is 0 Å². The highest BCUT2D eigenvalue weighted by atomic mass is 79.9. The number of para-hydroxylation sites is 1. The molecule has 0 radical (unpaired) electrons. The number of guanidine groups is 1. The van der Waals surface area contributed by atoms with E-state index in [-0.39, 0.29) is 6.04 Å². The van der Waals surface area contributed by atoms with Crippen molar-refractivity contribution in [2.45, 2.75) is 6.04 Å². The average Bonchev–Trinajstić information content (AvgIpc) is 2.84. The second-order valence-electron chi connectivity index (χ2n) is 4.70. The number of halogens is 3. The van der Waals surface area contributed by atoms with Gasteiger partial charge in [-0.3, -0.25) is 4.99 Å². The molecule has 1 aliphatic rings. The summed E-state index contributed by atoms with van der Waals surface area (Å²) < 4.78 is 1.98. The predicted molar refractivity (Wildman–Crippen MR) is 95.0 cm³/mol. The van der Waals surface area contributed by atoms with Crippen LogP contribution in [-0.2, 0) is 0 Å². The standard InChI is InChI=1S/C15H12Br2ClN3/c16-11-6-5-9(18)7-10(11)14-8-20-15(19)21(14)13-4-2-1-3-12(13)17/h1-7,14H,8H2,(H2,19,20). The summed E-state index contributed by atoms with van der Waals surface area (Å²) >= 11 is 13.3. The Labute approximate surface area is 145 Å². The molecule has 1 unspecified atom stereocenters. The minimum absolute atomic E-state index is 0.0248. The van der Waals surface area contributed by atoms with Crippen LogP contribution in [0.25, 0.3) is 0 Å². The molecule has 1 heterocycles. The molecule has 2 aromatic carbocycles. The van der Waals surface area contributed by atoms with Crippen LogP contribution in [0, 0.1) is 0 Å². The van der Waals surface area contributed by atoms with Gasteiger partial charge in [0.15, 0.2) is 5.96 Å². The van der Waals surface area contributed by atoms with Crippen molar-refractivity contribution in [2.75, 3.05) is 11.4 Å². The van der Waals surface area contributed by atoms with Gasteiger partial charge in [-0.2, -0.15) is 0 Å². The summed E-state index contributed by atoms with van der Waals surface area (Å²) in [6.45, 7) is 0.603. The number of hydrogen-bond acceptors (Lipinski definition) is 3. The lowest BCUT2D eigenvalue weighted by Crippen LogP contribution is -2.36. The van der Waals surface area contributed by atoms with Gasteiger partial charge in [0.2, 0.25) is 0 Å². The predicted octanol–water partition coefficient (Wildman–Crippen LogP) is 4.74. The number of nitrogens with zero attached hydrogens (tertiary/aromatic N) is 2. The third-order valence-corrected chi connectivity index (χ3v) is 5.04. The Morgan fingerprint density at radius 2 is 1.90 bits per heavy atom. The maximum Gasteiger partial charge on any atom is 0.196 e. The van der Waals surface area contributed by atoms with Crippen LogP contribution in [0.15, 0.2) is 56.4 Å². The second-order valence-corrected chi connectivity index (χ2v) is 6.85. The van der Waals surface area contributed by atoms with Crippen LogP contribution in [0.4, 0.5) is 5.69 Å². The smallest absolute Gasteiger partial charge is 0.196 e. The van der Waals surface area contributed by atoms with Gasteiger partial charge in [-0.25, -0.2) is 0 Å². The van der Waals surface area contributed by atoms with Gasteiger partial charge < -0.3 is 10.6 Å². The van der Waals surface area contributed by atoms with E-state index in [1.165, 1.54) is 0 Å². The first-order valence-electron chi connectivity index (χ1n) is 6.36. The lowest BCUT2D eigenvalue weighted by Gasteiger charge is -2.28. The van der Waals surface area contributed by atoms with Gasteiger partial charge in [0, 0.05) is 14.0 Å². The van der Waals surface area contributed by atoms with E-state index in [4.69, 9.17) is 17.3 Å². The Balaban J connectivity index is 2.07. The molecule has 0 saturated heterocycles. The maximum absolute atomic E-state index is 6.14. The van der Waals surface area contributed by atoms with Gasteiger partial charge in [0.25, 0.3) is 0 Å². The van der Waals surface area contributed by atoms with Crippen LogP contribution < -0.4 is 10.6 Å². The summed E-state index contributed by atoms with van der Waals surface area (Å²) in [5, 5.41) is 0.700. The molecule has 6 heteroatoms. The molecule has 0 aliphatic carbocycles. The van der Waals surface area contributed by atoms with Crippen LogP contribution in [0.5, 0.6) is 0 Å². The number of rotatable bonds is 2. The molecule has 1 atom stereocenters. The highest BCUT2D eigenvalue weighted by Gasteiger charge is 2.31. The summed E-state index contributed by atoms with van der Waals surface area (Å²) in [5.41, 5.74) is 8.17. The zero-order valence-corrected chi connectivity index (χ0v) is 14.9. The van der Waals surface area contributed by atoms with E-state index < -0.39 is 0 Å². The lowest BCUT2D eigenvalue weighted by molar-refractivity contribution is 0.764. The largest absolute Gasteiger partial charge is 0.369 e. The monoisotopic (exact) mass is 427 g/mol. The molecule has 0 fully saturated rings. The van der Waals surface area contributed by atoms with E-state index in [9.17, 15) is 0 Å². The van der Waals surface area contributed by atoms with E-state index in [1.807, 2.05) is 47.4 Å². The molecule has 0 bridgehead atoms. The number of anilines is 1. The van der Waals surface area contributed by atoms with Crippen LogP contribution >= 0.6 is 43.5 Å². The first-order chi connectivity index (χ1) is 10.1. The first-order valence-corrected chi connectivity index (χ1v) is 8.33. The van der Waals surface area contributed by atoms with Crippen LogP contribution in [0.2, 0.25) is 5.02 Å². The SMILES string of the molecule is NC1=NCC(c2cc(Cl)ccc2Br)N1c1ccccc1Br. The van der Waals surface area contributed by atoms with Crippen molar-refractivity contribution in [3.05, 3.63) is 62.0 Å². The quantitative estimate of drug-likeness (QED) is 0.749. The lowest BCUT2D eigenvalue weighted by atomic mass is 10.1. The normalized spacial score (nSPS) is 18.0. The third-order valence-electron chi connectivity index (χ3n) is 3.41. The number of aliphatic imine (C=N–C) groups is 1. The van der Waals surface area contributed by atoms with E-state index in [2.05, 4.69) is 36.9 Å². The van der Waals surface area contributed by atoms with Crippen molar-refractivity contribution in [1.82, 2.24) is 0 Å². The molecule has 2 aromatic rings. The fraction of sp³-hybridized carbons (Fsp3) is 0.133. The fourth-order valence-electron chi connectivity index (χ4n) is 2.44. The zero-order valence-electron chi connectivity index (χ0n) is 10.9. The van der Waals surface area contributed by atoms with Crippen LogP contribution in [-0.4, -0.2) is 12.5 Å². The molecular formula is C15H12Br2ClN3. The van der Waals surface area contributed by atoms with Gasteiger partial charge >= 0.3 is 0 Å². The van der Waals surface area contributed by atoms with E-state index in [0.717, 1.165) is 20.2 Å². The van der Waals surface area contributed by atoms with Gasteiger partial charge in [-0.05, 0) is 51.8 Å². The minimum Gasteiger partial charge on any atom is -0.369 e. The Hall–Kier alpha value is -1.04. The minimum atomic E-state index is 0.0248. The summed E-state index contributed by atoms with van der Waals surface area (Å²) in [7, 11) is 0. The molecule has 0 aromatic heterocycles. The van der Waals surface area contributed by atoms with Crippen molar-refractivity contribution < 1.29 is 0 Å². The van der Waals surface area contributed by atoms with Crippen molar-refractivity contribution in [3.63, 3.8) is 0 Å². The highest BCUT2D eigenvalue weighted by Crippen LogP contribution is 2.38. The molecule has 108 valence electrons. The van der Waals surface area contributed by atoms with Crippen LogP contribution in [0.3, 0.4) is 0 Å². The zero-order chi connectivity index (χ0) is 15.0.